The van der Waals surface area contributed by atoms with Crippen LogP contribution in [0.5, 0.6) is 11.5 Å². The van der Waals surface area contributed by atoms with Crippen LogP contribution in [0.25, 0.3) is 0 Å². The Morgan fingerprint density at radius 1 is 1.11 bits per heavy atom. The van der Waals surface area contributed by atoms with E-state index in [4.69, 9.17) is 27.9 Å². The van der Waals surface area contributed by atoms with Crippen LogP contribution in [0.1, 0.15) is 0 Å². The number of ether oxygens (including phenoxy) is 1. The first kappa shape index (κ1) is 14.2. The van der Waals surface area contributed by atoms with Crippen molar-refractivity contribution in [3.63, 3.8) is 0 Å². The van der Waals surface area contributed by atoms with E-state index in [0.29, 0.717) is 16.5 Å². The maximum atomic E-state index is 11.4. The van der Waals surface area contributed by atoms with Crippen molar-refractivity contribution in [3.05, 3.63) is 52.5 Å². The SMILES string of the molecule is CS(=O)(=O)c1ccc(Oc2c[c]ccc2Cl)c(Cl)c1. The smallest absolute Gasteiger partial charge is 0.175 e. The number of benzene rings is 2. The summed E-state index contributed by atoms with van der Waals surface area (Å²) in [4.78, 5) is 0.135. The van der Waals surface area contributed by atoms with Gasteiger partial charge in [-0.1, -0.05) is 29.3 Å². The van der Waals surface area contributed by atoms with Gasteiger partial charge in [-0.3, -0.25) is 0 Å². The molecule has 0 fully saturated rings. The van der Waals surface area contributed by atoms with Gasteiger partial charge >= 0.3 is 0 Å². The first-order valence-electron chi connectivity index (χ1n) is 5.21. The minimum Gasteiger partial charge on any atom is -0.454 e. The molecule has 19 heavy (non-hydrogen) atoms. The second-order valence-corrected chi connectivity index (χ2v) is 6.65. The topological polar surface area (TPSA) is 43.4 Å². The summed E-state index contributed by atoms with van der Waals surface area (Å²) in [7, 11) is -3.30. The van der Waals surface area contributed by atoms with Crippen molar-refractivity contribution in [1.82, 2.24) is 0 Å². The van der Waals surface area contributed by atoms with Crippen molar-refractivity contribution in [1.29, 1.82) is 0 Å². The zero-order chi connectivity index (χ0) is 14.0. The highest BCUT2D eigenvalue weighted by Gasteiger charge is 2.12. The number of hydrogen-bond donors (Lipinski definition) is 0. The van der Waals surface area contributed by atoms with Gasteiger partial charge in [0.25, 0.3) is 0 Å². The lowest BCUT2D eigenvalue weighted by atomic mass is 10.3. The minimum atomic E-state index is -3.30. The standard InChI is InChI=1S/C13H9Cl2O3S/c1-19(16,17)9-6-7-13(11(15)8-9)18-12-5-3-2-4-10(12)14/h2,4-8H,1H3. The fourth-order valence-corrected chi connectivity index (χ4v) is 2.47. The van der Waals surface area contributed by atoms with Crippen LogP contribution in [-0.2, 0) is 9.84 Å². The Bertz CT molecular complexity index is 712. The molecule has 0 atom stereocenters. The summed E-state index contributed by atoms with van der Waals surface area (Å²) < 4.78 is 28.3. The van der Waals surface area contributed by atoms with Gasteiger partial charge in [-0.05, 0) is 36.4 Å². The number of halogens is 2. The molecule has 2 rings (SSSR count). The van der Waals surface area contributed by atoms with Gasteiger partial charge in [0, 0.05) is 6.26 Å². The molecule has 0 bridgehead atoms. The Balaban J connectivity index is 2.36. The van der Waals surface area contributed by atoms with Crippen LogP contribution in [0.15, 0.2) is 41.3 Å². The predicted molar refractivity (Wildman–Crippen MR) is 74.9 cm³/mol. The summed E-state index contributed by atoms with van der Waals surface area (Å²) >= 11 is 11.9. The molecule has 0 aromatic heterocycles. The van der Waals surface area contributed by atoms with Crippen LogP contribution in [0.2, 0.25) is 10.0 Å². The van der Waals surface area contributed by atoms with Crippen LogP contribution >= 0.6 is 23.2 Å². The van der Waals surface area contributed by atoms with Gasteiger partial charge in [0.1, 0.15) is 11.5 Å². The third-order valence-corrected chi connectivity index (χ3v) is 4.04. The molecule has 1 radical (unpaired) electrons. The Labute approximate surface area is 121 Å². The highest BCUT2D eigenvalue weighted by Crippen LogP contribution is 2.34. The van der Waals surface area contributed by atoms with E-state index in [2.05, 4.69) is 6.07 Å². The maximum absolute atomic E-state index is 11.4. The first-order valence-corrected chi connectivity index (χ1v) is 7.86. The Morgan fingerprint density at radius 2 is 1.84 bits per heavy atom. The molecule has 3 nitrogen and oxygen atoms in total. The van der Waals surface area contributed by atoms with Gasteiger partial charge in [0.05, 0.1) is 14.9 Å². The maximum Gasteiger partial charge on any atom is 0.175 e. The minimum absolute atomic E-state index is 0.135. The molecule has 99 valence electrons. The molecule has 0 unspecified atom stereocenters. The molecular formula is C13H9Cl2O3S. The van der Waals surface area contributed by atoms with Crippen LogP contribution in [0.4, 0.5) is 0 Å². The third kappa shape index (κ3) is 3.41. The molecule has 2 aromatic carbocycles. The van der Waals surface area contributed by atoms with Gasteiger partial charge in [-0.25, -0.2) is 8.42 Å². The molecule has 0 aliphatic carbocycles. The van der Waals surface area contributed by atoms with Gasteiger partial charge in [0.15, 0.2) is 9.84 Å². The van der Waals surface area contributed by atoms with Crippen molar-refractivity contribution in [3.8, 4) is 11.5 Å². The van der Waals surface area contributed by atoms with Crippen LogP contribution in [-0.4, -0.2) is 14.7 Å². The van der Waals surface area contributed by atoms with Crippen LogP contribution < -0.4 is 4.74 Å². The number of hydrogen-bond acceptors (Lipinski definition) is 3. The normalized spacial score (nSPS) is 11.3. The Hall–Kier alpha value is -1.23. The van der Waals surface area contributed by atoms with Crippen LogP contribution in [0.3, 0.4) is 0 Å². The van der Waals surface area contributed by atoms with Gasteiger partial charge in [-0.2, -0.15) is 0 Å². The second-order valence-electron chi connectivity index (χ2n) is 3.82. The fraction of sp³-hybridized carbons (Fsp3) is 0.0769. The van der Waals surface area contributed by atoms with Gasteiger partial charge < -0.3 is 4.74 Å². The lowest BCUT2D eigenvalue weighted by molar-refractivity contribution is 0.482. The quantitative estimate of drug-likeness (QED) is 0.860. The average molecular weight is 316 g/mol. The molecule has 0 heterocycles. The molecule has 0 saturated carbocycles. The summed E-state index contributed by atoms with van der Waals surface area (Å²) in [6.45, 7) is 0. The number of sulfone groups is 1. The van der Waals surface area contributed by atoms with E-state index in [1.165, 1.54) is 18.2 Å². The molecule has 0 aliphatic heterocycles. The largest absolute Gasteiger partial charge is 0.454 e. The summed E-state index contributed by atoms with van der Waals surface area (Å²) in [6.07, 6.45) is 1.11. The van der Waals surface area contributed by atoms with E-state index >= 15 is 0 Å². The molecular weight excluding hydrogens is 307 g/mol. The van der Waals surface area contributed by atoms with Gasteiger partial charge in [0.2, 0.25) is 0 Å². The lowest BCUT2D eigenvalue weighted by Gasteiger charge is -2.09. The van der Waals surface area contributed by atoms with Crippen molar-refractivity contribution < 1.29 is 13.2 Å². The summed E-state index contributed by atoms with van der Waals surface area (Å²) in [5.74, 6) is 0.730. The van der Waals surface area contributed by atoms with Crippen molar-refractivity contribution in [2.45, 2.75) is 4.90 Å². The van der Waals surface area contributed by atoms with E-state index in [-0.39, 0.29) is 9.92 Å². The van der Waals surface area contributed by atoms with Gasteiger partial charge in [-0.15, -0.1) is 0 Å². The molecule has 0 N–H and O–H groups in total. The zero-order valence-electron chi connectivity index (χ0n) is 9.85. The van der Waals surface area contributed by atoms with Crippen molar-refractivity contribution in [2.24, 2.45) is 0 Å². The summed E-state index contributed by atoms with van der Waals surface area (Å²) in [6, 6.07) is 11.9. The molecule has 0 aliphatic rings. The van der Waals surface area contributed by atoms with Crippen molar-refractivity contribution in [2.75, 3.05) is 6.26 Å². The number of rotatable bonds is 3. The van der Waals surface area contributed by atoms with E-state index in [1.807, 2.05) is 0 Å². The van der Waals surface area contributed by atoms with E-state index in [0.717, 1.165) is 6.26 Å². The van der Waals surface area contributed by atoms with Crippen molar-refractivity contribution >= 4 is 33.0 Å². The average Bonchev–Trinajstić information content (AvgIpc) is 2.33. The molecule has 0 saturated heterocycles. The predicted octanol–water partition coefficient (Wildman–Crippen LogP) is 3.99. The second kappa shape index (κ2) is 5.41. The molecule has 2 aromatic rings. The first-order chi connectivity index (χ1) is 8.88. The zero-order valence-corrected chi connectivity index (χ0v) is 12.2. The highest BCUT2D eigenvalue weighted by molar-refractivity contribution is 7.90. The molecule has 0 spiro atoms. The van der Waals surface area contributed by atoms with E-state index < -0.39 is 9.84 Å². The van der Waals surface area contributed by atoms with Crippen LogP contribution in [0, 0.1) is 6.07 Å². The third-order valence-electron chi connectivity index (χ3n) is 2.33. The highest BCUT2D eigenvalue weighted by atomic mass is 35.5. The summed E-state index contributed by atoms with van der Waals surface area (Å²) in [5.41, 5.74) is 0. The molecule has 6 heteroatoms. The molecule has 0 amide bonds. The Morgan fingerprint density at radius 3 is 2.42 bits per heavy atom. The summed E-state index contributed by atoms with van der Waals surface area (Å²) in [5, 5.41) is 0.616. The van der Waals surface area contributed by atoms with E-state index in [9.17, 15) is 8.42 Å². The Kier molecular flexibility index (Phi) is 4.04. The van der Waals surface area contributed by atoms with E-state index in [1.54, 1.807) is 18.2 Å². The monoisotopic (exact) mass is 315 g/mol. The fourth-order valence-electron chi connectivity index (χ4n) is 1.39. The lowest BCUT2D eigenvalue weighted by Crippen LogP contribution is -1.97.